The first-order valence-electron chi connectivity index (χ1n) is 4.80. The fourth-order valence-corrected chi connectivity index (χ4v) is 1.57. The fraction of sp³-hybridized carbons (Fsp3) is 0.273. The van der Waals surface area contributed by atoms with Crippen molar-refractivity contribution in [2.45, 2.75) is 6.92 Å². The van der Waals surface area contributed by atoms with Crippen LogP contribution in [0.4, 0.5) is 0 Å². The Bertz CT molecular complexity index is 502. The molecule has 2 aromatic heterocycles. The number of hydrogen-bond donors (Lipinski definition) is 0. The molecular formula is C11H12N2O2. The second-order valence-electron chi connectivity index (χ2n) is 3.24. The highest BCUT2D eigenvalue weighted by Gasteiger charge is 2.13. The van der Waals surface area contributed by atoms with Crippen molar-refractivity contribution in [3.63, 3.8) is 0 Å². The number of rotatable bonds is 2. The van der Waals surface area contributed by atoms with Gasteiger partial charge in [-0.05, 0) is 19.1 Å². The van der Waals surface area contributed by atoms with E-state index in [1.54, 1.807) is 23.9 Å². The van der Waals surface area contributed by atoms with E-state index in [9.17, 15) is 4.79 Å². The molecule has 2 heterocycles. The van der Waals surface area contributed by atoms with E-state index >= 15 is 0 Å². The van der Waals surface area contributed by atoms with E-state index in [4.69, 9.17) is 4.74 Å². The van der Waals surface area contributed by atoms with Crippen LogP contribution in [-0.4, -0.2) is 22.1 Å². The van der Waals surface area contributed by atoms with E-state index in [1.807, 2.05) is 19.2 Å². The Balaban J connectivity index is 2.53. The van der Waals surface area contributed by atoms with E-state index in [1.165, 1.54) is 0 Å². The van der Waals surface area contributed by atoms with Crippen LogP contribution in [0.25, 0.3) is 10.9 Å². The van der Waals surface area contributed by atoms with Crippen LogP contribution in [0.15, 0.2) is 24.5 Å². The lowest BCUT2D eigenvalue weighted by atomic mass is 10.3. The number of ether oxygens (including phenoxy) is 1. The molecule has 0 unspecified atom stereocenters. The van der Waals surface area contributed by atoms with Crippen molar-refractivity contribution in [1.29, 1.82) is 0 Å². The van der Waals surface area contributed by atoms with Crippen molar-refractivity contribution in [3.8, 4) is 0 Å². The number of aromatic nitrogens is 2. The molecule has 0 saturated heterocycles. The van der Waals surface area contributed by atoms with Crippen LogP contribution in [-0.2, 0) is 11.8 Å². The summed E-state index contributed by atoms with van der Waals surface area (Å²) in [6, 6.07) is 3.69. The van der Waals surface area contributed by atoms with Crippen molar-refractivity contribution >= 4 is 16.9 Å². The minimum atomic E-state index is -0.295. The molecule has 0 aliphatic carbocycles. The third-order valence-corrected chi connectivity index (χ3v) is 2.33. The second-order valence-corrected chi connectivity index (χ2v) is 3.24. The molecule has 78 valence electrons. The molecule has 0 radical (unpaired) electrons. The standard InChI is InChI=1S/C11H12N2O2/c1-3-15-11(14)9-6-8-4-5-12-7-10(8)13(9)2/h4-7H,3H2,1-2H3. The minimum Gasteiger partial charge on any atom is -0.461 e. The number of carbonyl (C=O) groups excluding carboxylic acids is 1. The van der Waals surface area contributed by atoms with Gasteiger partial charge in [-0.25, -0.2) is 4.79 Å². The van der Waals surface area contributed by atoms with Gasteiger partial charge in [-0.2, -0.15) is 0 Å². The highest BCUT2D eigenvalue weighted by molar-refractivity contribution is 5.95. The molecule has 4 heteroatoms. The normalized spacial score (nSPS) is 10.5. The average Bonchev–Trinajstić information content (AvgIpc) is 2.57. The summed E-state index contributed by atoms with van der Waals surface area (Å²) in [6.07, 6.45) is 3.44. The van der Waals surface area contributed by atoms with Crippen LogP contribution in [0.3, 0.4) is 0 Å². The fourth-order valence-electron chi connectivity index (χ4n) is 1.57. The molecule has 0 spiro atoms. The van der Waals surface area contributed by atoms with Crippen LogP contribution >= 0.6 is 0 Å². The Morgan fingerprint density at radius 1 is 1.60 bits per heavy atom. The van der Waals surface area contributed by atoms with Crippen molar-refractivity contribution in [2.75, 3.05) is 6.61 Å². The molecular weight excluding hydrogens is 192 g/mol. The van der Waals surface area contributed by atoms with E-state index < -0.39 is 0 Å². The van der Waals surface area contributed by atoms with E-state index in [2.05, 4.69) is 4.98 Å². The molecule has 0 N–H and O–H groups in total. The Hall–Kier alpha value is -1.84. The van der Waals surface area contributed by atoms with Gasteiger partial charge in [0.2, 0.25) is 0 Å². The van der Waals surface area contributed by atoms with Gasteiger partial charge in [0.15, 0.2) is 0 Å². The number of esters is 1. The summed E-state index contributed by atoms with van der Waals surface area (Å²) in [5, 5.41) is 0.996. The van der Waals surface area contributed by atoms with Crippen LogP contribution in [0.5, 0.6) is 0 Å². The smallest absolute Gasteiger partial charge is 0.354 e. The van der Waals surface area contributed by atoms with Gasteiger partial charge in [0.1, 0.15) is 5.69 Å². The van der Waals surface area contributed by atoms with Gasteiger partial charge in [0.25, 0.3) is 0 Å². The van der Waals surface area contributed by atoms with Crippen LogP contribution in [0, 0.1) is 0 Å². The molecule has 0 atom stereocenters. The SMILES string of the molecule is CCOC(=O)c1cc2ccncc2n1C. The first-order chi connectivity index (χ1) is 7.24. The lowest BCUT2D eigenvalue weighted by Gasteiger charge is -2.02. The summed E-state index contributed by atoms with van der Waals surface area (Å²) < 4.78 is 6.75. The lowest BCUT2D eigenvalue weighted by molar-refractivity contribution is 0.0516. The van der Waals surface area contributed by atoms with Gasteiger partial charge >= 0.3 is 5.97 Å². The third-order valence-electron chi connectivity index (χ3n) is 2.33. The number of hydrogen-bond acceptors (Lipinski definition) is 3. The molecule has 0 aromatic carbocycles. The number of pyridine rings is 1. The van der Waals surface area contributed by atoms with Crippen molar-refractivity contribution < 1.29 is 9.53 Å². The zero-order valence-electron chi connectivity index (χ0n) is 8.73. The molecule has 0 fully saturated rings. The number of carbonyl (C=O) groups is 1. The maximum atomic E-state index is 11.6. The summed E-state index contributed by atoms with van der Waals surface area (Å²) in [7, 11) is 1.83. The Morgan fingerprint density at radius 3 is 3.07 bits per heavy atom. The van der Waals surface area contributed by atoms with Gasteiger partial charge in [0, 0.05) is 18.6 Å². The minimum absolute atomic E-state index is 0.295. The van der Waals surface area contributed by atoms with Gasteiger partial charge in [-0.15, -0.1) is 0 Å². The molecule has 4 nitrogen and oxygen atoms in total. The monoisotopic (exact) mass is 204 g/mol. The predicted molar refractivity (Wildman–Crippen MR) is 56.7 cm³/mol. The van der Waals surface area contributed by atoms with E-state index in [0.717, 1.165) is 10.9 Å². The molecule has 2 rings (SSSR count). The highest BCUT2D eigenvalue weighted by Crippen LogP contribution is 2.17. The Morgan fingerprint density at radius 2 is 2.40 bits per heavy atom. The predicted octanol–water partition coefficient (Wildman–Crippen LogP) is 1.75. The Labute approximate surface area is 87.5 Å². The molecule has 0 bridgehead atoms. The van der Waals surface area contributed by atoms with Crippen molar-refractivity contribution in [2.24, 2.45) is 7.05 Å². The summed E-state index contributed by atoms with van der Waals surface area (Å²) in [5.74, 6) is -0.295. The Kier molecular flexibility index (Phi) is 2.41. The van der Waals surface area contributed by atoms with E-state index in [0.29, 0.717) is 12.3 Å². The van der Waals surface area contributed by atoms with Gasteiger partial charge < -0.3 is 9.30 Å². The van der Waals surface area contributed by atoms with Gasteiger partial charge in [-0.1, -0.05) is 0 Å². The van der Waals surface area contributed by atoms with Gasteiger partial charge in [0.05, 0.1) is 18.3 Å². The zero-order valence-corrected chi connectivity index (χ0v) is 8.73. The van der Waals surface area contributed by atoms with Crippen molar-refractivity contribution in [3.05, 3.63) is 30.2 Å². The number of fused-ring (bicyclic) bond motifs is 1. The van der Waals surface area contributed by atoms with E-state index in [-0.39, 0.29) is 5.97 Å². The third kappa shape index (κ3) is 1.58. The van der Waals surface area contributed by atoms with Crippen molar-refractivity contribution in [1.82, 2.24) is 9.55 Å². The molecule has 0 aliphatic rings. The highest BCUT2D eigenvalue weighted by atomic mass is 16.5. The van der Waals surface area contributed by atoms with Crippen LogP contribution in [0.2, 0.25) is 0 Å². The summed E-state index contributed by atoms with van der Waals surface area (Å²) in [4.78, 5) is 15.6. The quantitative estimate of drug-likeness (QED) is 0.700. The largest absolute Gasteiger partial charge is 0.461 e. The summed E-state index contributed by atoms with van der Waals surface area (Å²) in [5.41, 5.74) is 1.49. The molecule has 2 aromatic rings. The first kappa shape index (κ1) is 9.71. The average molecular weight is 204 g/mol. The maximum Gasteiger partial charge on any atom is 0.354 e. The maximum absolute atomic E-state index is 11.6. The van der Waals surface area contributed by atoms with Crippen LogP contribution < -0.4 is 0 Å². The molecule has 0 amide bonds. The zero-order chi connectivity index (χ0) is 10.8. The summed E-state index contributed by atoms with van der Waals surface area (Å²) >= 11 is 0. The first-order valence-corrected chi connectivity index (χ1v) is 4.80. The second kappa shape index (κ2) is 3.73. The van der Waals surface area contributed by atoms with Gasteiger partial charge in [-0.3, -0.25) is 4.98 Å². The number of aryl methyl sites for hydroxylation is 1. The molecule has 15 heavy (non-hydrogen) atoms. The van der Waals surface area contributed by atoms with Crippen LogP contribution in [0.1, 0.15) is 17.4 Å². The lowest BCUT2D eigenvalue weighted by Crippen LogP contribution is -2.09. The molecule has 0 saturated carbocycles. The topological polar surface area (TPSA) is 44.1 Å². The summed E-state index contributed by atoms with van der Waals surface area (Å²) in [6.45, 7) is 2.18. The number of nitrogens with zero attached hydrogens (tertiary/aromatic N) is 2. The molecule has 0 aliphatic heterocycles.